The van der Waals surface area contributed by atoms with E-state index in [1.165, 1.54) is 29.2 Å². The van der Waals surface area contributed by atoms with E-state index in [0.29, 0.717) is 30.8 Å². The highest BCUT2D eigenvalue weighted by Gasteiger charge is 2.34. The molecule has 3 aromatic rings. The molecule has 0 heterocycles. The molecule has 226 valence electrons. The second kappa shape index (κ2) is 14.8. The summed E-state index contributed by atoms with van der Waals surface area (Å²) >= 11 is 0. The van der Waals surface area contributed by atoms with E-state index in [9.17, 15) is 22.4 Å². The molecular formula is C32H40FN3O5S. The van der Waals surface area contributed by atoms with E-state index in [2.05, 4.69) is 5.32 Å². The third-order valence-corrected chi connectivity index (χ3v) is 8.76. The Morgan fingerprint density at radius 1 is 0.905 bits per heavy atom. The van der Waals surface area contributed by atoms with Crippen LogP contribution in [0.2, 0.25) is 0 Å². The average Bonchev–Trinajstić information content (AvgIpc) is 2.97. The molecule has 0 saturated carbocycles. The van der Waals surface area contributed by atoms with Gasteiger partial charge in [-0.15, -0.1) is 0 Å². The molecular weight excluding hydrogens is 557 g/mol. The molecule has 2 atom stereocenters. The van der Waals surface area contributed by atoms with Crippen LogP contribution in [0.25, 0.3) is 0 Å². The molecule has 10 heteroatoms. The highest BCUT2D eigenvalue weighted by molar-refractivity contribution is 7.92. The number of carbonyl (C=O) groups excluding carboxylic acids is 2. The van der Waals surface area contributed by atoms with E-state index in [0.717, 1.165) is 9.87 Å². The van der Waals surface area contributed by atoms with E-state index in [1.54, 1.807) is 55.5 Å². The highest BCUT2D eigenvalue weighted by atomic mass is 32.2. The fourth-order valence-corrected chi connectivity index (χ4v) is 5.80. The van der Waals surface area contributed by atoms with E-state index >= 15 is 0 Å². The van der Waals surface area contributed by atoms with Gasteiger partial charge in [0.05, 0.1) is 17.2 Å². The molecule has 3 aromatic carbocycles. The first-order valence-electron chi connectivity index (χ1n) is 14.2. The summed E-state index contributed by atoms with van der Waals surface area (Å²) in [5, 5.41) is 2.94. The lowest BCUT2D eigenvalue weighted by molar-refractivity contribution is -0.140. The Bertz CT molecular complexity index is 1430. The highest BCUT2D eigenvalue weighted by Crippen LogP contribution is 2.27. The molecule has 1 N–H and O–H groups in total. The van der Waals surface area contributed by atoms with Gasteiger partial charge in [-0.3, -0.25) is 13.9 Å². The molecule has 0 spiro atoms. The van der Waals surface area contributed by atoms with Crippen LogP contribution in [0, 0.1) is 12.7 Å². The largest absolute Gasteiger partial charge is 0.494 e. The van der Waals surface area contributed by atoms with Crippen LogP contribution in [0.5, 0.6) is 5.75 Å². The number of ether oxygens (including phenoxy) is 1. The quantitative estimate of drug-likeness (QED) is 0.267. The van der Waals surface area contributed by atoms with Crippen molar-refractivity contribution < 1.29 is 27.1 Å². The molecule has 0 aliphatic carbocycles. The molecule has 42 heavy (non-hydrogen) atoms. The van der Waals surface area contributed by atoms with E-state index in [-0.39, 0.29) is 29.1 Å². The molecule has 0 bridgehead atoms. The van der Waals surface area contributed by atoms with Crippen molar-refractivity contribution in [3.63, 3.8) is 0 Å². The zero-order valence-electron chi connectivity index (χ0n) is 24.8. The number of anilines is 1. The lowest BCUT2D eigenvalue weighted by atomic mass is 10.1. The van der Waals surface area contributed by atoms with Crippen LogP contribution in [-0.4, -0.2) is 50.4 Å². The van der Waals surface area contributed by atoms with Gasteiger partial charge < -0.3 is 15.0 Å². The standard InChI is InChI=1S/C32H40FN3O5S/c1-6-24(5)34-32(38)30(7-2)35(21-25-11-13-26(33)14-12-25)31(37)22-36(27-15-17-28(18-16-27)41-8-3)42(39,40)29-19-9-23(4)10-20-29/h9-20,24,30H,6-8,21-22H2,1-5H3,(H,34,38)/t24-,30-/m1/s1. The minimum Gasteiger partial charge on any atom is -0.494 e. The number of hydrogen-bond donors (Lipinski definition) is 1. The predicted octanol–water partition coefficient (Wildman–Crippen LogP) is 5.45. The maximum Gasteiger partial charge on any atom is 0.264 e. The normalized spacial score (nSPS) is 12.7. The molecule has 3 rings (SSSR count). The molecule has 0 aromatic heterocycles. The monoisotopic (exact) mass is 597 g/mol. The van der Waals surface area contributed by atoms with Gasteiger partial charge in [0.1, 0.15) is 24.2 Å². The number of hydrogen-bond acceptors (Lipinski definition) is 5. The summed E-state index contributed by atoms with van der Waals surface area (Å²) < 4.78 is 48.1. The van der Waals surface area contributed by atoms with E-state index < -0.39 is 34.3 Å². The first-order valence-corrected chi connectivity index (χ1v) is 15.6. The van der Waals surface area contributed by atoms with Gasteiger partial charge in [0.25, 0.3) is 10.0 Å². The molecule has 2 amide bonds. The number of carbonyl (C=O) groups is 2. The van der Waals surface area contributed by atoms with Gasteiger partial charge in [-0.1, -0.05) is 43.7 Å². The third kappa shape index (κ3) is 8.31. The first kappa shape index (κ1) is 32.6. The zero-order chi connectivity index (χ0) is 30.9. The summed E-state index contributed by atoms with van der Waals surface area (Å²) in [7, 11) is -4.18. The number of rotatable bonds is 14. The zero-order valence-corrected chi connectivity index (χ0v) is 25.7. The van der Waals surface area contributed by atoms with Gasteiger partial charge in [-0.05, 0) is 87.7 Å². The number of sulfonamides is 1. The molecule has 0 saturated heterocycles. The molecule has 0 radical (unpaired) electrons. The third-order valence-electron chi connectivity index (χ3n) is 6.98. The lowest BCUT2D eigenvalue weighted by Crippen LogP contribution is -2.53. The van der Waals surface area contributed by atoms with Crippen LogP contribution in [0.3, 0.4) is 0 Å². The van der Waals surface area contributed by atoms with Gasteiger partial charge in [-0.25, -0.2) is 12.8 Å². The van der Waals surface area contributed by atoms with Crippen molar-refractivity contribution in [2.24, 2.45) is 0 Å². The van der Waals surface area contributed by atoms with Crippen LogP contribution in [0.1, 0.15) is 51.7 Å². The summed E-state index contributed by atoms with van der Waals surface area (Å²) in [4.78, 5) is 28.8. The van der Waals surface area contributed by atoms with Gasteiger partial charge in [0.2, 0.25) is 11.8 Å². The molecule has 0 aliphatic heterocycles. The summed E-state index contributed by atoms with van der Waals surface area (Å²) in [5.41, 5.74) is 1.76. The molecule has 0 unspecified atom stereocenters. The SMILES string of the molecule is CCOc1ccc(N(CC(=O)N(Cc2ccc(F)cc2)[C@H](CC)C(=O)N[C@H](C)CC)S(=O)(=O)c2ccc(C)cc2)cc1. The van der Waals surface area contributed by atoms with Crippen LogP contribution in [0.15, 0.2) is 77.7 Å². The van der Waals surface area contributed by atoms with Crippen molar-refractivity contribution in [2.75, 3.05) is 17.5 Å². The van der Waals surface area contributed by atoms with Gasteiger partial charge in [0, 0.05) is 12.6 Å². The molecule has 0 fully saturated rings. The molecule has 0 aliphatic rings. The summed E-state index contributed by atoms with van der Waals surface area (Å²) in [5.74, 6) is -0.777. The van der Waals surface area contributed by atoms with Crippen LogP contribution in [-0.2, 0) is 26.2 Å². The summed E-state index contributed by atoms with van der Waals surface area (Å²) in [6.07, 6.45) is 0.997. The van der Waals surface area contributed by atoms with E-state index in [1.807, 2.05) is 27.7 Å². The summed E-state index contributed by atoms with van der Waals surface area (Å²) in [6.45, 7) is 9.19. The Balaban J connectivity index is 2.05. The minimum absolute atomic E-state index is 0.00670. The Labute approximate surface area is 248 Å². The number of aryl methyl sites for hydroxylation is 1. The van der Waals surface area contributed by atoms with Crippen molar-refractivity contribution in [3.05, 3.63) is 89.7 Å². The van der Waals surface area contributed by atoms with Gasteiger partial charge >= 0.3 is 0 Å². The predicted molar refractivity (Wildman–Crippen MR) is 162 cm³/mol. The number of halogens is 1. The fourth-order valence-electron chi connectivity index (χ4n) is 4.39. The maximum atomic E-state index is 14.1. The Kier molecular flexibility index (Phi) is 11.5. The topological polar surface area (TPSA) is 96.0 Å². The van der Waals surface area contributed by atoms with Crippen molar-refractivity contribution in [1.29, 1.82) is 0 Å². The maximum absolute atomic E-state index is 14.1. The minimum atomic E-state index is -4.18. The lowest BCUT2D eigenvalue weighted by Gasteiger charge is -2.33. The fraction of sp³-hybridized carbons (Fsp3) is 0.375. The Morgan fingerprint density at radius 3 is 2.07 bits per heavy atom. The number of nitrogens with one attached hydrogen (secondary N) is 1. The smallest absolute Gasteiger partial charge is 0.264 e. The van der Waals surface area contributed by atoms with E-state index in [4.69, 9.17) is 4.74 Å². The van der Waals surface area contributed by atoms with Crippen molar-refractivity contribution >= 4 is 27.5 Å². The second-order valence-electron chi connectivity index (χ2n) is 10.1. The number of benzene rings is 3. The van der Waals surface area contributed by atoms with Gasteiger partial charge in [-0.2, -0.15) is 0 Å². The average molecular weight is 598 g/mol. The van der Waals surface area contributed by atoms with Crippen LogP contribution < -0.4 is 14.4 Å². The Hall–Kier alpha value is -3.92. The first-order chi connectivity index (χ1) is 20.0. The summed E-state index contributed by atoms with van der Waals surface area (Å²) in [6, 6.07) is 17.5. The van der Waals surface area contributed by atoms with Crippen molar-refractivity contribution in [3.8, 4) is 5.75 Å². The number of amides is 2. The van der Waals surface area contributed by atoms with Crippen molar-refractivity contribution in [1.82, 2.24) is 10.2 Å². The number of nitrogens with zero attached hydrogens (tertiary/aromatic N) is 2. The van der Waals surface area contributed by atoms with Gasteiger partial charge in [0.15, 0.2) is 0 Å². The second-order valence-corrected chi connectivity index (χ2v) is 12.0. The van der Waals surface area contributed by atoms with Crippen molar-refractivity contribution in [2.45, 2.75) is 71.0 Å². The van der Waals surface area contributed by atoms with Crippen LogP contribution in [0.4, 0.5) is 10.1 Å². The Morgan fingerprint density at radius 2 is 1.52 bits per heavy atom. The van der Waals surface area contributed by atoms with Crippen LogP contribution >= 0.6 is 0 Å². The molecule has 8 nitrogen and oxygen atoms in total.